The molecule has 0 aliphatic heterocycles. The normalized spacial score (nSPS) is 10.3. The molecule has 0 aliphatic carbocycles. The van der Waals surface area contributed by atoms with Crippen LogP contribution in [0, 0.1) is 11.3 Å². The Morgan fingerprint density at radius 2 is 2.24 bits per heavy atom. The number of hydrogen-bond donors (Lipinski definition) is 1. The first-order valence-electron chi connectivity index (χ1n) is 4.93. The fraction of sp³-hybridized carbons (Fsp3) is 0.364. The van der Waals surface area contributed by atoms with Crippen LogP contribution in [0.2, 0.25) is 5.02 Å². The topological polar surface area (TPSA) is 45.0 Å². The van der Waals surface area contributed by atoms with Gasteiger partial charge in [-0.1, -0.05) is 11.6 Å². The zero-order chi connectivity index (χ0) is 12.7. The molecular formula is C11H11ClF2N2O. The molecule has 1 aromatic carbocycles. The first-order chi connectivity index (χ1) is 8.13. The molecule has 17 heavy (non-hydrogen) atoms. The predicted octanol–water partition coefficient (Wildman–Crippen LogP) is 2.91. The largest absolute Gasteiger partial charge is 0.382 e. The highest BCUT2D eigenvalue weighted by Gasteiger charge is 2.03. The number of rotatable bonds is 6. The Bertz CT molecular complexity index is 407. The molecule has 0 saturated carbocycles. The van der Waals surface area contributed by atoms with Gasteiger partial charge in [-0.05, 0) is 18.2 Å². The summed E-state index contributed by atoms with van der Waals surface area (Å²) in [6, 6.07) is 6.80. The van der Waals surface area contributed by atoms with Gasteiger partial charge in [0, 0.05) is 11.6 Å². The highest BCUT2D eigenvalue weighted by atomic mass is 35.5. The van der Waals surface area contributed by atoms with E-state index in [1.54, 1.807) is 18.2 Å². The van der Waals surface area contributed by atoms with Gasteiger partial charge in [-0.25, -0.2) is 8.78 Å². The fourth-order valence-corrected chi connectivity index (χ4v) is 1.36. The van der Waals surface area contributed by atoms with E-state index in [0.29, 0.717) is 22.8 Å². The number of nitrogens with one attached hydrogen (secondary N) is 1. The van der Waals surface area contributed by atoms with Crippen LogP contribution in [-0.4, -0.2) is 26.2 Å². The highest BCUT2D eigenvalue weighted by molar-refractivity contribution is 6.30. The van der Waals surface area contributed by atoms with E-state index in [9.17, 15) is 8.78 Å². The van der Waals surface area contributed by atoms with E-state index in [1.165, 1.54) is 0 Å². The van der Waals surface area contributed by atoms with Crippen molar-refractivity contribution in [1.29, 1.82) is 5.26 Å². The van der Waals surface area contributed by atoms with Crippen molar-refractivity contribution in [2.75, 3.05) is 25.1 Å². The molecule has 0 heterocycles. The number of benzene rings is 1. The zero-order valence-corrected chi connectivity index (χ0v) is 9.68. The molecule has 0 spiro atoms. The lowest BCUT2D eigenvalue weighted by Gasteiger charge is -2.09. The van der Waals surface area contributed by atoms with Crippen molar-refractivity contribution in [2.45, 2.75) is 6.43 Å². The summed E-state index contributed by atoms with van der Waals surface area (Å²) < 4.78 is 28.2. The van der Waals surface area contributed by atoms with Gasteiger partial charge in [-0.15, -0.1) is 0 Å². The monoisotopic (exact) mass is 260 g/mol. The molecule has 0 unspecified atom stereocenters. The van der Waals surface area contributed by atoms with Crippen molar-refractivity contribution < 1.29 is 13.5 Å². The van der Waals surface area contributed by atoms with Crippen molar-refractivity contribution in [3.8, 4) is 6.07 Å². The molecule has 0 aliphatic rings. The Morgan fingerprint density at radius 3 is 2.88 bits per heavy atom. The van der Waals surface area contributed by atoms with E-state index in [4.69, 9.17) is 21.6 Å². The molecule has 0 amide bonds. The van der Waals surface area contributed by atoms with Crippen molar-refractivity contribution in [3.05, 3.63) is 28.8 Å². The van der Waals surface area contributed by atoms with E-state index in [1.807, 2.05) is 6.07 Å². The van der Waals surface area contributed by atoms with Gasteiger partial charge in [0.25, 0.3) is 6.43 Å². The summed E-state index contributed by atoms with van der Waals surface area (Å²) in [6.45, 7) is -0.105. The van der Waals surface area contributed by atoms with E-state index in [-0.39, 0.29) is 6.61 Å². The molecule has 0 bridgehead atoms. The number of alkyl halides is 2. The van der Waals surface area contributed by atoms with Gasteiger partial charge >= 0.3 is 0 Å². The lowest BCUT2D eigenvalue weighted by Crippen LogP contribution is -2.13. The first-order valence-corrected chi connectivity index (χ1v) is 5.30. The molecular weight excluding hydrogens is 250 g/mol. The van der Waals surface area contributed by atoms with Crippen LogP contribution in [0.25, 0.3) is 0 Å². The third-order valence-corrected chi connectivity index (χ3v) is 2.14. The first kappa shape index (κ1) is 13.7. The minimum absolute atomic E-state index is 0.141. The van der Waals surface area contributed by atoms with Crippen LogP contribution in [0.1, 0.15) is 5.56 Å². The second-order valence-electron chi connectivity index (χ2n) is 3.19. The van der Waals surface area contributed by atoms with E-state index in [2.05, 4.69) is 5.32 Å². The lowest BCUT2D eigenvalue weighted by atomic mass is 10.2. The molecule has 0 aromatic heterocycles. The minimum Gasteiger partial charge on any atom is -0.382 e. The van der Waals surface area contributed by atoms with Crippen molar-refractivity contribution in [1.82, 2.24) is 0 Å². The van der Waals surface area contributed by atoms with Gasteiger partial charge in [0.2, 0.25) is 0 Å². The Kier molecular flexibility index (Phi) is 5.67. The molecule has 0 saturated heterocycles. The van der Waals surface area contributed by atoms with Crippen LogP contribution in [0.5, 0.6) is 0 Å². The van der Waals surface area contributed by atoms with Gasteiger partial charge < -0.3 is 10.1 Å². The molecule has 92 valence electrons. The molecule has 1 N–H and O–H groups in total. The maximum Gasteiger partial charge on any atom is 0.261 e. The fourth-order valence-electron chi connectivity index (χ4n) is 1.19. The zero-order valence-electron chi connectivity index (χ0n) is 8.92. The van der Waals surface area contributed by atoms with E-state index in [0.717, 1.165) is 0 Å². The maximum atomic E-state index is 11.8. The number of halogens is 3. The Hall–Kier alpha value is -1.38. The molecule has 6 heteroatoms. The molecule has 0 fully saturated rings. The predicted molar refractivity (Wildman–Crippen MR) is 61.5 cm³/mol. The average molecular weight is 261 g/mol. The number of hydrogen-bond acceptors (Lipinski definition) is 3. The summed E-state index contributed by atoms with van der Waals surface area (Å²) >= 11 is 5.78. The van der Waals surface area contributed by atoms with Crippen LogP contribution in [-0.2, 0) is 4.74 Å². The van der Waals surface area contributed by atoms with Gasteiger partial charge in [0.15, 0.2) is 0 Å². The Labute approximate surface area is 103 Å². The van der Waals surface area contributed by atoms with Crippen LogP contribution in [0.15, 0.2) is 18.2 Å². The van der Waals surface area contributed by atoms with Crippen LogP contribution < -0.4 is 5.32 Å². The van der Waals surface area contributed by atoms with Gasteiger partial charge in [0.05, 0.1) is 17.9 Å². The van der Waals surface area contributed by atoms with Crippen molar-refractivity contribution in [2.24, 2.45) is 0 Å². The third kappa shape index (κ3) is 4.98. The number of anilines is 1. The summed E-state index contributed by atoms with van der Waals surface area (Å²) in [5, 5.41) is 12.2. The summed E-state index contributed by atoms with van der Waals surface area (Å²) in [5.74, 6) is 0. The molecule has 0 atom stereocenters. The standard InChI is InChI=1S/C11H11ClF2N2O/c12-9-2-1-8(6-15)10(5-9)16-3-4-17-7-11(13)14/h1-2,5,11,16H,3-4,7H2. The molecule has 1 rings (SSSR count). The van der Waals surface area contributed by atoms with Crippen LogP contribution in [0.4, 0.5) is 14.5 Å². The summed E-state index contributed by atoms with van der Waals surface area (Å²) in [4.78, 5) is 0. The van der Waals surface area contributed by atoms with Crippen LogP contribution >= 0.6 is 11.6 Å². The Morgan fingerprint density at radius 1 is 1.47 bits per heavy atom. The lowest BCUT2D eigenvalue weighted by molar-refractivity contribution is 0.0215. The smallest absolute Gasteiger partial charge is 0.261 e. The third-order valence-electron chi connectivity index (χ3n) is 1.91. The average Bonchev–Trinajstić information content (AvgIpc) is 2.28. The summed E-state index contributed by atoms with van der Waals surface area (Å²) in [6.07, 6.45) is -2.46. The van der Waals surface area contributed by atoms with Gasteiger partial charge in [-0.2, -0.15) is 5.26 Å². The molecule has 3 nitrogen and oxygen atoms in total. The second kappa shape index (κ2) is 7.05. The number of ether oxygens (including phenoxy) is 1. The molecule has 0 radical (unpaired) electrons. The molecule has 1 aromatic rings. The summed E-state index contributed by atoms with van der Waals surface area (Å²) in [5.41, 5.74) is 1.02. The van der Waals surface area contributed by atoms with E-state index >= 15 is 0 Å². The second-order valence-corrected chi connectivity index (χ2v) is 3.63. The quantitative estimate of drug-likeness (QED) is 0.800. The minimum atomic E-state index is -2.46. The van der Waals surface area contributed by atoms with Crippen LogP contribution in [0.3, 0.4) is 0 Å². The van der Waals surface area contributed by atoms with Crippen molar-refractivity contribution >= 4 is 17.3 Å². The number of nitrogens with zero attached hydrogens (tertiary/aromatic N) is 1. The maximum absolute atomic E-state index is 11.8. The van der Waals surface area contributed by atoms with E-state index < -0.39 is 13.0 Å². The SMILES string of the molecule is N#Cc1ccc(Cl)cc1NCCOCC(F)F. The van der Waals surface area contributed by atoms with Gasteiger partial charge in [0.1, 0.15) is 12.7 Å². The summed E-state index contributed by atoms with van der Waals surface area (Å²) in [7, 11) is 0. The van der Waals surface area contributed by atoms with Gasteiger partial charge in [-0.3, -0.25) is 0 Å². The highest BCUT2D eigenvalue weighted by Crippen LogP contribution is 2.19. The van der Waals surface area contributed by atoms with Crippen molar-refractivity contribution in [3.63, 3.8) is 0 Å². The number of nitriles is 1. The Balaban J connectivity index is 2.41.